The van der Waals surface area contributed by atoms with Crippen LogP contribution in [0.3, 0.4) is 0 Å². The molecule has 3 aliphatic heterocycles. The van der Waals surface area contributed by atoms with E-state index in [2.05, 4.69) is 25.5 Å². The van der Waals surface area contributed by atoms with E-state index in [0.29, 0.717) is 6.61 Å². The fourth-order valence-electron chi connectivity index (χ4n) is 4.97. The lowest BCUT2D eigenvalue weighted by Gasteiger charge is -2.28. The van der Waals surface area contributed by atoms with Crippen LogP contribution in [0.2, 0.25) is 0 Å². The Bertz CT molecular complexity index is 645. The van der Waals surface area contributed by atoms with Gasteiger partial charge in [-0.3, -0.25) is 0 Å². The monoisotopic (exact) mass is 540 g/mol. The van der Waals surface area contributed by atoms with Crippen molar-refractivity contribution in [2.45, 2.75) is 89.1 Å². The molecule has 3 aliphatic rings. The van der Waals surface area contributed by atoms with E-state index in [9.17, 15) is 10.2 Å². The third-order valence-corrected chi connectivity index (χ3v) is 7.72. The molecule has 0 spiro atoms. The molecular weight excluding hydrogens is 498 g/mol. The summed E-state index contributed by atoms with van der Waals surface area (Å²) in [7, 11) is 4.48. The highest BCUT2D eigenvalue weighted by Gasteiger charge is 2.50. The Morgan fingerprint density at radius 1 is 0.771 bits per heavy atom. The van der Waals surface area contributed by atoms with E-state index in [-0.39, 0.29) is 55.9 Å². The topological polar surface area (TPSA) is 114 Å². The fraction of sp³-hybridized carbons (Fsp3) is 0.913. The summed E-state index contributed by atoms with van der Waals surface area (Å²) in [6.07, 6.45) is -0.376. The molecule has 3 saturated heterocycles. The van der Waals surface area contributed by atoms with Crippen molar-refractivity contribution in [3.63, 3.8) is 0 Å². The van der Waals surface area contributed by atoms with Crippen LogP contribution < -0.4 is 0 Å². The van der Waals surface area contributed by atoms with E-state index in [1.165, 1.54) is 0 Å². The van der Waals surface area contributed by atoms with Gasteiger partial charge in [0.15, 0.2) is 18.9 Å². The van der Waals surface area contributed by atoms with Crippen molar-refractivity contribution in [2.24, 2.45) is 17.8 Å². The second-order valence-electron chi connectivity index (χ2n) is 9.51. The largest absolute Gasteiger partial charge is 0.394 e. The van der Waals surface area contributed by atoms with E-state index < -0.39 is 37.2 Å². The SMILES string of the molecule is C=CCCCOC1OC(COC2OC(CO)C(OP)C2C)C(OC2OC(CO)C(OP)C2C)C1C. The van der Waals surface area contributed by atoms with Crippen LogP contribution in [0.25, 0.3) is 0 Å². The van der Waals surface area contributed by atoms with Gasteiger partial charge in [0.05, 0.1) is 44.7 Å². The number of hydrogen-bond donors (Lipinski definition) is 2. The Balaban J connectivity index is 1.66. The third kappa shape index (κ3) is 6.99. The van der Waals surface area contributed by atoms with Gasteiger partial charge in [-0.1, -0.05) is 26.8 Å². The molecule has 0 aromatic carbocycles. The second kappa shape index (κ2) is 14.4. The standard InChI is InChI=1S/C23H42O10P2/c1-5-6-7-8-26-21-12(2)18(31-23-14(4)20(33-35)16(10-25)29-23)17(30-21)11-27-22-13(3)19(32-34)15(9-24)28-22/h5,12-25H,1,6-11,34-35H2,2-4H3. The molecule has 0 bridgehead atoms. The van der Waals surface area contributed by atoms with E-state index in [0.717, 1.165) is 12.8 Å². The van der Waals surface area contributed by atoms with Crippen LogP contribution in [-0.4, -0.2) is 92.1 Å². The highest BCUT2D eigenvalue weighted by Crippen LogP contribution is 2.38. The van der Waals surface area contributed by atoms with E-state index in [1.54, 1.807) is 0 Å². The highest BCUT2D eigenvalue weighted by atomic mass is 31.0. The molecule has 0 aromatic rings. The third-order valence-electron chi connectivity index (χ3n) is 7.09. The van der Waals surface area contributed by atoms with Crippen LogP contribution >= 0.6 is 18.9 Å². The van der Waals surface area contributed by atoms with E-state index >= 15 is 0 Å². The van der Waals surface area contributed by atoms with Gasteiger partial charge in [-0.2, -0.15) is 0 Å². The summed E-state index contributed by atoms with van der Waals surface area (Å²) in [6.45, 7) is 10.1. The van der Waals surface area contributed by atoms with Gasteiger partial charge in [-0.05, 0) is 12.8 Å². The zero-order valence-electron chi connectivity index (χ0n) is 20.8. The molecule has 0 amide bonds. The van der Waals surface area contributed by atoms with Crippen molar-refractivity contribution in [3.05, 3.63) is 12.7 Å². The molecule has 0 aliphatic carbocycles. The van der Waals surface area contributed by atoms with Gasteiger partial charge in [-0.25, -0.2) is 0 Å². The van der Waals surface area contributed by atoms with Crippen molar-refractivity contribution in [2.75, 3.05) is 26.4 Å². The van der Waals surface area contributed by atoms with Gasteiger partial charge in [0, 0.05) is 36.7 Å². The molecule has 3 heterocycles. The number of aliphatic hydroxyl groups excluding tert-OH is 2. The van der Waals surface area contributed by atoms with E-state index in [4.69, 9.17) is 37.5 Å². The van der Waals surface area contributed by atoms with Gasteiger partial charge in [0.2, 0.25) is 0 Å². The van der Waals surface area contributed by atoms with Crippen molar-refractivity contribution in [1.82, 2.24) is 0 Å². The lowest BCUT2D eigenvalue weighted by Crippen LogP contribution is -2.39. The Hall–Kier alpha value is 0.200. The molecule has 12 heteroatoms. The maximum absolute atomic E-state index is 9.68. The highest BCUT2D eigenvalue weighted by molar-refractivity contribution is 7.10. The molecule has 3 rings (SSSR count). The summed E-state index contributed by atoms with van der Waals surface area (Å²) in [5, 5.41) is 19.3. The van der Waals surface area contributed by atoms with Crippen LogP contribution in [0.1, 0.15) is 33.6 Å². The normalized spacial score (nSPS) is 43.7. The van der Waals surface area contributed by atoms with Gasteiger partial charge in [0.25, 0.3) is 0 Å². The Morgan fingerprint density at radius 3 is 1.83 bits per heavy atom. The molecule has 3 fully saturated rings. The zero-order chi connectivity index (χ0) is 25.5. The first-order valence-electron chi connectivity index (χ1n) is 12.3. The quantitative estimate of drug-likeness (QED) is 0.192. The van der Waals surface area contributed by atoms with Gasteiger partial charge in [0.1, 0.15) is 18.3 Å². The number of unbranched alkanes of at least 4 members (excludes halogenated alkanes) is 1. The molecule has 0 radical (unpaired) electrons. The summed E-state index contributed by atoms with van der Waals surface area (Å²) in [4.78, 5) is 0. The molecule has 35 heavy (non-hydrogen) atoms. The predicted molar refractivity (Wildman–Crippen MR) is 133 cm³/mol. The maximum atomic E-state index is 9.68. The minimum atomic E-state index is -0.578. The van der Waals surface area contributed by atoms with Crippen LogP contribution in [0.5, 0.6) is 0 Å². The zero-order valence-corrected chi connectivity index (χ0v) is 23.1. The summed E-state index contributed by atoms with van der Waals surface area (Å²) >= 11 is 0. The molecule has 14 atom stereocenters. The predicted octanol–water partition coefficient (Wildman–Crippen LogP) is 1.79. The smallest absolute Gasteiger partial charge is 0.163 e. The first-order chi connectivity index (χ1) is 16.9. The van der Waals surface area contributed by atoms with Gasteiger partial charge < -0.3 is 47.7 Å². The Morgan fingerprint density at radius 2 is 1.29 bits per heavy atom. The minimum Gasteiger partial charge on any atom is -0.394 e. The number of ether oxygens (including phenoxy) is 6. The fourth-order valence-corrected chi connectivity index (χ4v) is 5.82. The summed E-state index contributed by atoms with van der Waals surface area (Å²) < 4.78 is 47.5. The Kier molecular flexibility index (Phi) is 12.2. The van der Waals surface area contributed by atoms with Crippen molar-refractivity contribution < 1.29 is 47.7 Å². The molecule has 10 nitrogen and oxygen atoms in total. The number of rotatable bonds is 14. The number of hydrogen-bond acceptors (Lipinski definition) is 10. The summed E-state index contributed by atoms with van der Waals surface area (Å²) in [5.74, 6) is -0.284. The average molecular weight is 541 g/mol. The van der Waals surface area contributed by atoms with Crippen LogP contribution in [0.4, 0.5) is 0 Å². The summed E-state index contributed by atoms with van der Waals surface area (Å²) in [5.41, 5.74) is 0. The number of allylic oxidation sites excluding steroid dienone is 1. The first-order valence-corrected chi connectivity index (χ1v) is 13.2. The molecule has 0 saturated carbocycles. The average Bonchev–Trinajstić information content (AvgIpc) is 3.46. The molecular formula is C23H42O10P2. The van der Waals surface area contributed by atoms with Gasteiger partial charge in [-0.15, -0.1) is 6.58 Å². The maximum Gasteiger partial charge on any atom is 0.163 e. The van der Waals surface area contributed by atoms with Crippen molar-refractivity contribution >= 4 is 18.9 Å². The van der Waals surface area contributed by atoms with Crippen molar-refractivity contribution in [1.29, 1.82) is 0 Å². The van der Waals surface area contributed by atoms with Crippen LogP contribution in [-0.2, 0) is 37.5 Å². The van der Waals surface area contributed by atoms with E-state index in [1.807, 2.05) is 26.8 Å². The summed E-state index contributed by atoms with van der Waals surface area (Å²) in [6, 6.07) is 0. The van der Waals surface area contributed by atoms with Crippen LogP contribution in [0.15, 0.2) is 12.7 Å². The Labute approximate surface area is 212 Å². The molecule has 2 N–H and O–H groups in total. The molecule has 0 aromatic heterocycles. The lowest BCUT2D eigenvalue weighted by atomic mass is 10.0. The van der Waals surface area contributed by atoms with Crippen molar-refractivity contribution in [3.8, 4) is 0 Å². The first kappa shape index (κ1) is 29.8. The second-order valence-corrected chi connectivity index (χ2v) is 10.1. The molecule has 204 valence electrons. The van der Waals surface area contributed by atoms with Crippen LogP contribution in [0, 0.1) is 17.8 Å². The van der Waals surface area contributed by atoms with Gasteiger partial charge >= 0.3 is 0 Å². The number of aliphatic hydroxyl groups is 2. The minimum absolute atomic E-state index is 0.0859. The molecule has 14 unspecified atom stereocenters. The lowest BCUT2D eigenvalue weighted by molar-refractivity contribution is -0.216.